The molecule has 1 N–H and O–H groups in total. The summed E-state index contributed by atoms with van der Waals surface area (Å²) >= 11 is 8.29. The molecule has 0 bridgehead atoms. The molecule has 2 aromatic carbocycles. The van der Waals surface area contributed by atoms with Crippen LogP contribution in [0.2, 0.25) is 5.02 Å². The molecule has 1 fully saturated rings. The van der Waals surface area contributed by atoms with Crippen molar-refractivity contribution in [2.24, 2.45) is 0 Å². The van der Waals surface area contributed by atoms with Crippen LogP contribution in [0.5, 0.6) is 0 Å². The fourth-order valence-electron chi connectivity index (χ4n) is 4.16. The van der Waals surface area contributed by atoms with Gasteiger partial charge in [0.15, 0.2) is 0 Å². The van der Waals surface area contributed by atoms with Crippen molar-refractivity contribution < 1.29 is 0 Å². The van der Waals surface area contributed by atoms with Crippen molar-refractivity contribution in [3.05, 3.63) is 74.9 Å². The molecule has 1 saturated heterocycles. The molecule has 0 amide bonds. The summed E-state index contributed by atoms with van der Waals surface area (Å²) in [6.07, 6.45) is 0.881. The van der Waals surface area contributed by atoms with Gasteiger partial charge in [-0.1, -0.05) is 17.7 Å². The fourth-order valence-corrected chi connectivity index (χ4v) is 5.23. The number of nitrogens with zero attached hydrogens (tertiary/aromatic N) is 2. The van der Waals surface area contributed by atoms with Crippen LogP contribution in [0, 0.1) is 0 Å². The first-order valence-electron chi connectivity index (χ1n) is 9.92. The molecule has 29 heavy (non-hydrogen) atoms. The maximum absolute atomic E-state index is 11.6. The van der Waals surface area contributed by atoms with Crippen molar-refractivity contribution in [3.8, 4) is 0 Å². The molecule has 0 atom stereocenters. The van der Waals surface area contributed by atoms with Crippen molar-refractivity contribution in [1.82, 2.24) is 9.88 Å². The lowest BCUT2D eigenvalue weighted by atomic mass is 10.1. The predicted octanol–water partition coefficient (Wildman–Crippen LogP) is 4.76. The number of pyridine rings is 1. The Morgan fingerprint density at radius 1 is 1.03 bits per heavy atom. The van der Waals surface area contributed by atoms with Gasteiger partial charge in [-0.2, -0.15) is 0 Å². The molecule has 3 heterocycles. The SMILES string of the molecule is O=c1ccc2cc(Cl)c(CCN3CCN(c4cccc5sccc45)CC3)cc2[nH]1. The first-order valence-corrected chi connectivity index (χ1v) is 11.2. The molecule has 1 aliphatic rings. The van der Waals surface area contributed by atoms with Gasteiger partial charge < -0.3 is 9.88 Å². The molecule has 5 rings (SSSR count). The van der Waals surface area contributed by atoms with Gasteiger partial charge in [-0.25, -0.2) is 0 Å². The zero-order valence-corrected chi connectivity index (χ0v) is 17.6. The molecule has 0 radical (unpaired) electrons. The van der Waals surface area contributed by atoms with E-state index in [1.807, 2.05) is 18.2 Å². The van der Waals surface area contributed by atoms with Crippen LogP contribution in [-0.4, -0.2) is 42.6 Å². The average Bonchev–Trinajstić information content (AvgIpc) is 3.22. The van der Waals surface area contributed by atoms with Crippen LogP contribution < -0.4 is 10.5 Å². The molecule has 4 aromatic rings. The van der Waals surface area contributed by atoms with Crippen LogP contribution in [0.15, 0.2) is 58.7 Å². The highest BCUT2D eigenvalue weighted by atomic mass is 35.5. The molecular weight excluding hydrogens is 402 g/mol. The van der Waals surface area contributed by atoms with Crippen molar-refractivity contribution >= 4 is 49.6 Å². The predicted molar refractivity (Wildman–Crippen MR) is 124 cm³/mol. The third-order valence-electron chi connectivity index (χ3n) is 5.77. The Kier molecular flexibility index (Phi) is 5.04. The van der Waals surface area contributed by atoms with E-state index in [9.17, 15) is 4.79 Å². The molecule has 1 aliphatic heterocycles. The second-order valence-electron chi connectivity index (χ2n) is 7.54. The van der Waals surface area contributed by atoms with E-state index in [0.29, 0.717) is 0 Å². The number of H-pyrrole nitrogens is 1. The zero-order chi connectivity index (χ0) is 19.8. The quantitative estimate of drug-likeness (QED) is 0.514. The lowest BCUT2D eigenvalue weighted by molar-refractivity contribution is 0.261. The van der Waals surface area contributed by atoms with Crippen LogP contribution in [0.3, 0.4) is 0 Å². The molecule has 0 saturated carbocycles. The Bertz CT molecular complexity index is 1220. The minimum atomic E-state index is -0.0810. The summed E-state index contributed by atoms with van der Waals surface area (Å²) in [7, 11) is 0. The summed E-state index contributed by atoms with van der Waals surface area (Å²) in [6.45, 7) is 5.13. The smallest absolute Gasteiger partial charge is 0.248 e. The van der Waals surface area contributed by atoms with Gasteiger partial charge in [-0.05, 0) is 59.1 Å². The lowest BCUT2D eigenvalue weighted by Crippen LogP contribution is -2.47. The molecular formula is C23H22ClN3OS. The number of halogens is 1. The monoisotopic (exact) mass is 423 g/mol. The number of aromatic amines is 1. The van der Waals surface area contributed by atoms with Crippen LogP contribution in [0.1, 0.15) is 5.56 Å². The maximum Gasteiger partial charge on any atom is 0.248 e. The van der Waals surface area contributed by atoms with Gasteiger partial charge in [0.2, 0.25) is 5.56 Å². The second kappa shape index (κ2) is 7.82. The third kappa shape index (κ3) is 3.78. The number of benzene rings is 2. The maximum atomic E-state index is 11.6. The Balaban J connectivity index is 1.24. The summed E-state index contributed by atoms with van der Waals surface area (Å²) in [5.41, 5.74) is 3.21. The standard InChI is InChI=1S/C23H22ClN3OS/c24-19-14-17-4-5-23(28)25-20(17)15-16(19)6-8-26-9-11-27(12-10-26)21-2-1-3-22-18(21)7-13-29-22/h1-5,7,13-15H,6,8-12H2,(H,25,28). The molecule has 0 unspecified atom stereocenters. The summed E-state index contributed by atoms with van der Waals surface area (Å²) in [5, 5.41) is 5.27. The van der Waals surface area contributed by atoms with Crippen molar-refractivity contribution in [1.29, 1.82) is 0 Å². The number of thiophene rings is 1. The number of aromatic nitrogens is 1. The first-order chi connectivity index (χ1) is 14.2. The summed E-state index contributed by atoms with van der Waals surface area (Å²) in [5.74, 6) is 0. The highest BCUT2D eigenvalue weighted by molar-refractivity contribution is 7.17. The van der Waals surface area contributed by atoms with Gasteiger partial charge >= 0.3 is 0 Å². The van der Waals surface area contributed by atoms with Gasteiger partial charge in [0, 0.05) is 65.1 Å². The molecule has 4 nitrogen and oxygen atoms in total. The molecule has 2 aromatic heterocycles. The average molecular weight is 424 g/mol. The van der Waals surface area contributed by atoms with Crippen LogP contribution in [0.25, 0.3) is 21.0 Å². The van der Waals surface area contributed by atoms with E-state index in [1.54, 1.807) is 11.3 Å². The Labute approximate surface area is 178 Å². The first kappa shape index (κ1) is 18.7. The fraction of sp³-hybridized carbons (Fsp3) is 0.261. The van der Waals surface area contributed by atoms with E-state index >= 15 is 0 Å². The number of anilines is 1. The van der Waals surface area contributed by atoms with Gasteiger partial charge in [0.25, 0.3) is 0 Å². The van der Waals surface area contributed by atoms with Crippen LogP contribution in [-0.2, 0) is 6.42 Å². The number of nitrogens with one attached hydrogen (secondary N) is 1. The van der Waals surface area contributed by atoms with Crippen molar-refractivity contribution in [2.75, 3.05) is 37.6 Å². The minimum Gasteiger partial charge on any atom is -0.368 e. The molecule has 0 aliphatic carbocycles. The van der Waals surface area contributed by atoms with Crippen molar-refractivity contribution in [2.45, 2.75) is 6.42 Å². The highest BCUT2D eigenvalue weighted by Gasteiger charge is 2.19. The minimum absolute atomic E-state index is 0.0810. The number of hydrogen-bond donors (Lipinski definition) is 1. The number of hydrogen-bond acceptors (Lipinski definition) is 4. The molecule has 6 heteroatoms. The Morgan fingerprint density at radius 3 is 2.76 bits per heavy atom. The van der Waals surface area contributed by atoms with Crippen LogP contribution in [0.4, 0.5) is 5.69 Å². The number of rotatable bonds is 4. The van der Waals surface area contributed by atoms with Gasteiger partial charge in [-0.3, -0.25) is 9.69 Å². The van der Waals surface area contributed by atoms with E-state index in [2.05, 4.69) is 44.4 Å². The van der Waals surface area contributed by atoms with E-state index < -0.39 is 0 Å². The van der Waals surface area contributed by atoms with Crippen molar-refractivity contribution in [3.63, 3.8) is 0 Å². The normalized spacial score (nSPS) is 15.4. The van der Waals surface area contributed by atoms with Gasteiger partial charge in [0.1, 0.15) is 0 Å². The number of fused-ring (bicyclic) bond motifs is 2. The summed E-state index contributed by atoms with van der Waals surface area (Å²) < 4.78 is 1.36. The Morgan fingerprint density at radius 2 is 1.90 bits per heavy atom. The summed E-state index contributed by atoms with van der Waals surface area (Å²) in [6, 6.07) is 16.1. The second-order valence-corrected chi connectivity index (χ2v) is 8.90. The highest BCUT2D eigenvalue weighted by Crippen LogP contribution is 2.31. The molecule has 148 valence electrons. The van der Waals surface area contributed by atoms with E-state index in [1.165, 1.54) is 21.8 Å². The summed E-state index contributed by atoms with van der Waals surface area (Å²) in [4.78, 5) is 19.5. The van der Waals surface area contributed by atoms with Crippen LogP contribution >= 0.6 is 22.9 Å². The largest absolute Gasteiger partial charge is 0.368 e. The topological polar surface area (TPSA) is 39.3 Å². The van der Waals surface area contributed by atoms with E-state index in [-0.39, 0.29) is 5.56 Å². The van der Waals surface area contributed by atoms with E-state index in [0.717, 1.165) is 60.6 Å². The molecule has 0 spiro atoms. The number of piperazine rings is 1. The van der Waals surface area contributed by atoms with E-state index in [4.69, 9.17) is 11.6 Å². The lowest BCUT2D eigenvalue weighted by Gasteiger charge is -2.36. The van der Waals surface area contributed by atoms with Gasteiger partial charge in [-0.15, -0.1) is 11.3 Å². The van der Waals surface area contributed by atoms with Gasteiger partial charge in [0.05, 0.1) is 0 Å². The Hall–Kier alpha value is -2.34. The third-order valence-corrected chi connectivity index (χ3v) is 7.01. The zero-order valence-electron chi connectivity index (χ0n) is 16.0.